The van der Waals surface area contributed by atoms with Crippen LogP contribution in [0.25, 0.3) is 0 Å². The summed E-state index contributed by atoms with van der Waals surface area (Å²) >= 11 is 0. The van der Waals surface area contributed by atoms with Gasteiger partial charge in [-0.1, -0.05) is 26.7 Å². The molecule has 17 heavy (non-hydrogen) atoms. The van der Waals surface area contributed by atoms with Gasteiger partial charge < -0.3 is 10.4 Å². The first kappa shape index (κ1) is 12.9. The minimum Gasteiger partial charge on any atom is -0.396 e. The molecular weight excluding hydrogens is 214 g/mol. The molecule has 3 nitrogen and oxygen atoms in total. The standard InChI is InChI=1S/C14H25NO2/c1-13(2,11-5-3-4-6-11)12(17)15-9-14(10-16)7-8-14/h11,16H,3-10H2,1-2H3,(H,15,17). The van der Waals surface area contributed by atoms with E-state index in [9.17, 15) is 9.90 Å². The Morgan fingerprint density at radius 1 is 1.35 bits per heavy atom. The SMILES string of the molecule is CC(C)(C(=O)NCC1(CO)CC1)C1CCCC1. The Bertz CT molecular complexity index is 289. The molecule has 0 aromatic rings. The number of rotatable bonds is 5. The van der Waals surface area contributed by atoms with E-state index in [0.29, 0.717) is 12.5 Å². The summed E-state index contributed by atoms with van der Waals surface area (Å²) in [4.78, 5) is 12.2. The highest BCUT2D eigenvalue weighted by Gasteiger charge is 2.44. The first-order valence-corrected chi connectivity index (χ1v) is 6.89. The van der Waals surface area contributed by atoms with Crippen molar-refractivity contribution in [3.05, 3.63) is 0 Å². The number of amides is 1. The molecule has 1 amide bonds. The Labute approximate surface area is 104 Å². The number of aliphatic hydroxyl groups is 1. The van der Waals surface area contributed by atoms with Gasteiger partial charge in [0.05, 0.1) is 6.61 Å². The molecule has 2 aliphatic rings. The minimum absolute atomic E-state index is 0.0153. The van der Waals surface area contributed by atoms with Crippen LogP contribution in [0.1, 0.15) is 52.4 Å². The number of aliphatic hydroxyl groups excluding tert-OH is 1. The van der Waals surface area contributed by atoms with Crippen LogP contribution >= 0.6 is 0 Å². The Balaban J connectivity index is 1.85. The second-order valence-corrected chi connectivity index (χ2v) is 6.54. The van der Waals surface area contributed by atoms with Crippen LogP contribution in [0.15, 0.2) is 0 Å². The maximum Gasteiger partial charge on any atom is 0.225 e. The molecule has 2 saturated carbocycles. The molecule has 0 unspecified atom stereocenters. The molecular formula is C14H25NO2. The summed E-state index contributed by atoms with van der Waals surface area (Å²) in [5, 5.41) is 12.3. The van der Waals surface area contributed by atoms with Crippen LogP contribution in [0.3, 0.4) is 0 Å². The molecule has 2 N–H and O–H groups in total. The maximum atomic E-state index is 12.2. The number of carbonyl (C=O) groups excluding carboxylic acids is 1. The maximum absolute atomic E-state index is 12.2. The van der Waals surface area contributed by atoms with E-state index in [1.165, 1.54) is 25.7 Å². The summed E-state index contributed by atoms with van der Waals surface area (Å²) < 4.78 is 0. The Morgan fingerprint density at radius 3 is 2.41 bits per heavy atom. The van der Waals surface area contributed by atoms with Crippen LogP contribution in [0, 0.1) is 16.7 Å². The summed E-state index contributed by atoms with van der Waals surface area (Å²) in [6.07, 6.45) is 7.00. The van der Waals surface area contributed by atoms with Gasteiger partial charge in [-0.3, -0.25) is 4.79 Å². The van der Waals surface area contributed by atoms with Crippen LogP contribution in [0.5, 0.6) is 0 Å². The van der Waals surface area contributed by atoms with Crippen molar-refractivity contribution in [3.63, 3.8) is 0 Å². The molecule has 0 atom stereocenters. The minimum atomic E-state index is -0.248. The molecule has 0 bridgehead atoms. The number of nitrogens with one attached hydrogen (secondary N) is 1. The fourth-order valence-electron chi connectivity index (χ4n) is 2.90. The van der Waals surface area contributed by atoms with Crippen molar-refractivity contribution in [3.8, 4) is 0 Å². The zero-order chi connectivity index (χ0) is 12.5. The first-order chi connectivity index (χ1) is 8.00. The number of hydrogen-bond acceptors (Lipinski definition) is 2. The summed E-state index contributed by atoms with van der Waals surface area (Å²) in [5.74, 6) is 0.705. The Kier molecular flexibility index (Phi) is 3.48. The predicted molar refractivity (Wildman–Crippen MR) is 67.5 cm³/mol. The zero-order valence-corrected chi connectivity index (χ0v) is 11.1. The van der Waals surface area contributed by atoms with Crippen LogP contribution < -0.4 is 5.32 Å². The lowest BCUT2D eigenvalue weighted by molar-refractivity contribution is -0.132. The normalized spacial score (nSPS) is 23.7. The van der Waals surface area contributed by atoms with Gasteiger partial charge in [-0.15, -0.1) is 0 Å². The van der Waals surface area contributed by atoms with E-state index < -0.39 is 0 Å². The van der Waals surface area contributed by atoms with E-state index in [-0.39, 0.29) is 23.3 Å². The highest BCUT2D eigenvalue weighted by molar-refractivity contribution is 5.82. The molecule has 0 saturated heterocycles. The van der Waals surface area contributed by atoms with Crippen molar-refractivity contribution in [2.45, 2.75) is 52.4 Å². The lowest BCUT2D eigenvalue weighted by Gasteiger charge is -2.30. The van der Waals surface area contributed by atoms with Gasteiger partial charge in [0.2, 0.25) is 5.91 Å². The third-order valence-electron chi connectivity index (χ3n) is 4.88. The van der Waals surface area contributed by atoms with Gasteiger partial charge in [0.15, 0.2) is 0 Å². The molecule has 2 rings (SSSR count). The van der Waals surface area contributed by atoms with Gasteiger partial charge >= 0.3 is 0 Å². The first-order valence-electron chi connectivity index (χ1n) is 6.89. The van der Waals surface area contributed by atoms with Gasteiger partial charge in [-0.25, -0.2) is 0 Å². The quantitative estimate of drug-likeness (QED) is 0.772. The summed E-state index contributed by atoms with van der Waals surface area (Å²) in [7, 11) is 0. The highest BCUT2D eigenvalue weighted by Crippen LogP contribution is 2.45. The highest BCUT2D eigenvalue weighted by atomic mass is 16.3. The largest absolute Gasteiger partial charge is 0.396 e. The topological polar surface area (TPSA) is 49.3 Å². The van der Waals surface area contributed by atoms with Gasteiger partial charge in [0.25, 0.3) is 0 Å². The molecule has 0 heterocycles. The predicted octanol–water partition coefficient (Wildman–Crippen LogP) is 2.09. The lowest BCUT2D eigenvalue weighted by Crippen LogP contribution is -2.43. The third-order valence-corrected chi connectivity index (χ3v) is 4.88. The second-order valence-electron chi connectivity index (χ2n) is 6.54. The zero-order valence-electron chi connectivity index (χ0n) is 11.1. The van der Waals surface area contributed by atoms with Gasteiger partial charge in [0.1, 0.15) is 0 Å². The molecule has 0 spiro atoms. The third kappa shape index (κ3) is 2.65. The molecule has 98 valence electrons. The summed E-state index contributed by atoms with van der Waals surface area (Å²) in [5.41, 5.74) is -0.233. The van der Waals surface area contributed by atoms with Crippen molar-refractivity contribution in [2.24, 2.45) is 16.7 Å². The van der Waals surface area contributed by atoms with Crippen molar-refractivity contribution >= 4 is 5.91 Å². The molecule has 0 radical (unpaired) electrons. The molecule has 3 heteroatoms. The number of carbonyl (C=O) groups is 1. The van der Waals surface area contributed by atoms with Crippen molar-refractivity contribution < 1.29 is 9.90 Å². The van der Waals surface area contributed by atoms with Gasteiger partial charge in [-0.2, -0.15) is 0 Å². The Hall–Kier alpha value is -0.570. The van der Waals surface area contributed by atoms with E-state index in [4.69, 9.17) is 0 Å². The van der Waals surface area contributed by atoms with Crippen molar-refractivity contribution in [1.82, 2.24) is 5.32 Å². The van der Waals surface area contributed by atoms with Crippen LogP contribution in [-0.2, 0) is 4.79 Å². The van der Waals surface area contributed by atoms with E-state index in [2.05, 4.69) is 19.2 Å². The molecule has 2 aliphatic carbocycles. The van der Waals surface area contributed by atoms with E-state index >= 15 is 0 Å². The van der Waals surface area contributed by atoms with Crippen LogP contribution in [-0.4, -0.2) is 24.2 Å². The molecule has 0 aliphatic heterocycles. The van der Waals surface area contributed by atoms with Crippen LogP contribution in [0.4, 0.5) is 0 Å². The fraction of sp³-hybridized carbons (Fsp3) is 0.929. The van der Waals surface area contributed by atoms with Crippen molar-refractivity contribution in [2.75, 3.05) is 13.2 Å². The summed E-state index contributed by atoms with van der Waals surface area (Å²) in [6, 6.07) is 0. The van der Waals surface area contributed by atoms with Crippen LogP contribution in [0.2, 0.25) is 0 Å². The van der Waals surface area contributed by atoms with Gasteiger partial charge in [0, 0.05) is 17.4 Å². The summed E-state index contributed by atoms with van der Waals surface area (Å²) in [6.45, 7) is 4.99. The smallest absolute Gasteiger partial charge is 0.225 e. The van der Waals surface area contributed by atoms with Crippen molar-refractivity contribution in [1.29, 1.82) is 0 Å². The van der Waals surface area contributed by atoms with Gasteiger partial charge in [-0.05, 0) is 31.6 Å². The molecule has 0 aromatic carbocycles. The monoisotopic (exact) mass is 239 g/mol. The second kappa shape index (κ2) is 4.60. The van der Waals surface area contributed by atoms with E-state index in [0.717, 1.165) is 12.8 Å². The lowest BCUT2D eigenvalue weighted by atomic mass is 9.77. The number of hydrogen-bond donors (Lipinski definition) is 2. The molecule has 0 aromatic heterocycles. The Morgan fingerprint density at radius 2 is 1.94 bits per heavy atom. The van der Waals surface area contributed by atoms with E-state index in [1.54, 1.807) is 0 Å². The average molecular weight is 239 g/mol. The fourth-order valence-corrected chi connectivity index (χ4v) is 2.90. The molecule has 2 fully saturated rings. The van der Waals surface area contributed by atoms with E-state index in [1.807, 2.05) is 0 Å². The average Bonchev–Trinajstić information content (AvgIpc) is 2.87.